The van der Waals surface area contributed by atoms with Crippen LogP contribution in [0, 0.1) is 0 Å². The van der Waals surface area contributed by atoms with Gasteiger partial charge in [-0.3, -0.25) is 0 Å². The molecule has 0 radical (unpaired) electrons. The SMILES string of the molecule is CCNc1nc(NC2CCCCC2)c2ccccc2n1. The van der Waals surface area contributed by atoms with Gasteiger partial charge in [-0.15, -0.1) is 0 Å². The van der Waals surface area contributed by atoms with Gasteiger partial charge in [0.25, 0.3) is 0 Å². The molecule has 1 heterocycles. The van der Waals surface area contributed by atoms with Gasteiger partial charge < -0.3 is 10.6 Å². The molecule has 106 valence electrons. The van der Waals surface area contributed by atoms with Crippen molar-refractivity contribution < 1.29 is 0 Å². The standard InChI is InChI=1S/C16H22N4/c1-2-17-16-19-14-11-7-6-10-13(14)15(20-16)18-12-8-4-3-5-9-12/h6-7,10-12H,2-5,8-9H2,1H3,(H2,17,18,19,20). The van der Waals surface area contributed by atoms with E-state index in [9.17, 15) is 0 Å². The number of hydrogen-bond donors (Lipinski definition) is 2. The van der Waals surface area contributed by atoms with Crippen LogP contribution in [-0.4, -0.2) is 22.6 Å². The fourth-order valence-corrected chi connectivity index (χ4v) is 2.86. The van der Waals surface area contributed by atoms with E-state index < -0.39 is 0 Å². The van der Waals surface area contributed by atoms with Crippen LogP contribution in [0.15, 0.2) is 24.3 Å². The van der Waals surface area contributed by atoms with Crippen LogP contribution in [0.25, 0.3) is 10.9 Å². The molecule has 3 rings (SSSR count). The van der Waals surface area contributed by atoms with Gasteiger partial charge in [-0.1, -0.05) is 31.4 Å². The summed E-state index contributed by atoms with van der Waals surface area (Å²) < 4.78 is 0. The third-order valence-electron chi connectivity index (χ3n) is 3.88. The summed E-state index contributed by atoms with van der Waals surface area (Å²) in [6.07, 6.45) is 6.50. The zero-order valence-electron chi connectivity index (χ0n) is 12.0. The van der Waals surface area contributed by atoms with E-state index in [0.717, 1.165) is 23.3 Å². The van der Waals surface area contributed by atoms with E-state index in [4.69, 9.17) is 0 Å². The van der Waals surface area contributed by atoms with Crippen LogP contribution in [-0.2, 0) is 0 Å². The minimum absolute atomic E-state index is 0.552. The summed E-state index contributed by atoms with van der Waals surface area (Å²) in [6, 6.07) is 8.76. The van der Waals surface area contributed by atoms with Gasteiger partial charge in [0, 0.05) is 18.0 Å². The Morgan fingerprint density at radius 2 is 1.90 bits per heavy atom. The Morgan fingerprint density at radius 3 is 2.70 bits per heavy atom. The molecule has 0 saturated heterocycles. The Hall–Kier alpha value is -1.84. The highest BCUT2D eigenvalue weighted by Gasteiger charge is 2.15. The van der Waals surface area contributed by atoms with E-state index in [2.05, 4.69) is 33.6 Å². The topological polar surface area (TPSA) is 49.8 Å². The van der Waals surface area contributed by atoms with Crippen molar-refractivity contribution >= 4 is 22.7 Å². The van der Waals surface area contributed by atoms with Crippen molar-refractivity contribution in [1.82, 2.24) is 9.97 Å². The van der Waals surface area contributed by atoms with E-state index >= 15 is 0 Å². The zero-order chi connectivity index (χ0) is 13.8. The Bertz CT molecular complexity index is 576. The van der Waals surface area contributed by atoms with E-state index in [0.29, 0.717) is 12.0 Å². The number of aromatic nitrogens is 2. The predicted molar refractivity (Wildman–Crippen MR) is 84.2 cm³/mol. The average Bonchev–Trinajstić information content (AvgIpc) is 2.49. The maximum absolute atomic E-state index is 4.65. The second-order valence-corrected chi connectivity index (χ2v) is 5.42. The van der Waals surface area contributed by atoms with Crippen LogP contribution in [0.1, 0.15) is 39.0 Å². The van der Waals surface area contributed by atoms with Gasteiger partial charge in [0.2, 0.25) is 5.95 Å². The molecule has 20 heavy (non-hydrogen) atoms. The van der Waals surface area contributed by atoms with Crippen LogP contribution in [0.2, 0.25) is 0 Å². The molecule has 0 aliphatic heterocycles. The van der Waals surface area contributed by atoms with Crippen LogP contribution in [0.5, 0.6) is 0 Å². The van der Waals surface area contributed by atoms with Gasteiger partial charge in [0.1, 0.15) is 5.82 Å². The van der Waals surface area contributed by atoms with Crippen LogP contribution in [0.3, 0.4) is 0 Å². The fraction of sp³-hybridized carbons (Fsp3) is 0.500. The van der Waals surface area contributed by atoms with E-state index in [1.807, 2.05) is 18.2 Å². The first-order valence-corrected chi connectivity index (χ1v) is 7.64. The Balaban J connectivity index is 1.93. The van der Waals surface area contributed by atoms with Crippen molar-refractivity contribution in [3.63, 3.8) is 0 Å². The summed E-state index contributed by atoms with van der Waals surface area (Å²) in [6.45, 7) is 2.90. The zero-order valence-corrected chi connectivity index (χ0v) is 12.0. The van der Waals surface area contributed by atoms with Crippen LogP contribution < -0.4 is 10.6 Å². The first kappa shape index (κ1) is 13.2. The molecule has 2 N–H and O–H groups in total. The molecule has 0 spiro atoms. The molecular weight excluding hydrogens is 248 g/mol. The second kappa shape index (κ2) is 6.07. The van der Waals surface area contributed by atoms with E-state index in [1.165, 1.54) is 32.1 Å². The molecule has 1 aromatic carbocycles. The quantitative estimate of drug-likeness (QED) is 0.887. The molecule has 1 fully saturated rings. The fourth-order valence-electron chi connectivity index (χ4n) is 2.86. The molecule has 4 nitrogen and oxygen atoms in total. The number of fused-ring (bicyclic) bond motifs is 1. The van der Waals surface area contributed by atoms with Crippen molar-refractivity contribution in [3.05, 3.63) is 24.3 Å². The monoisotopic (exact) mass is 270 g/mol. The summed E-state index contributed by atoms with van der Waals surface area (Å²) in [5.41, 5.74) is 0.997. The number of nitrogens with one attached hydrogen (secondary N) is 2. The van der Waals surface area contributed by atoms with Gasteiger partial charge in [-0.05, 0) is 31.9 Å². The number of rotatable bonds is 4. The van der Waals surface area contributed by atoms with Crippen LogP contribution >= 0.6 is 0 Å². The van der Waals surface area contributed by atoms with Gasteiger partial charge in [0.15, 0.2) is 0 Å². The van der Waals surface area contributed by atoms with Crippen molar-refractivity contribution in [2.24, 2.45) is 0 Å². The van der Waals surface area contributed by atoms with Crippen molar-refractivity contribution in [3.8, 4) is 0 Å². The number of hydrogen-bond acceptors (Lipinski definition) is 4. The van der Waals surface area contributed by atoms with Crippen molar-refractivity contribution in [1.29, 1.82) is 0 Å². The molecule has 0 bridgehead atoms. The average molecular weight is 270 g/mol. The largest absolute Gasteiger partial charge is 0.367 e. The smallest absolute Gasteiger partial charge is 0.225 e. The van der Waals surface area contributed by atoms with Crippen molar-refractivity contribution in [2.45, 2.75) is 45.1 Å². The lowest BCUT2D eigenvalue weighted by molar-refractivity contribution is 0.462. The highest BCUT2D eigenvalue weighted by molar-refractivity contribution is 5.90. The molecule has 1 aliphatic carbocycles. The summed E-state index contributed by atoms with van der Waals surface area (Å²) in [5, 5.41) is 7.96. The second-order valence-electron chi connectivity index (χ2n) is 5.42. The molecule has 2 aromatic rings. The third-order valence-corrected chi connectivity index (χ3v) is 3.88. The van der Waals surface area contributed by atoms with Gasteiger partial charge in [-0.25, -0.2) is 4.98 Å². The van der Waals surface area contributed by atoms with Crippen LogP contribution in [0.4, 0.5) is 11.8 Å². The molecular formula is C16H22N4. The Morgan fingerprint density at radius 1 is 1.10 bits per heavy atom. The molecule has 0 unspecified atom stereocenters. The molecule has 1 saturated carbocycles. The predicted octanol–water partition coefficient (Wildman–Crippen LogP) is 3.81. The van der Waals surface area contributed by atoms with Gasteiger partial charge in [0.05, 0.1) is 5.52 Å². The third kappa shape index (κ3) is 2.84. The number of para-hydroxylation sites is 1. The summed E-state index contributed by atoms with van der Waals surface area (Å²) in [4.78, 5) is 9.21. The Labute approximate surface area is 120 Å². The number of anilines is 2. The summed E-state index contributed by atoms with van der Waals surface area (Å²) in [5.74, 6) is 1.68. The maximum atomic E-state index is 4.65. The summed E-state index contributed by atoms with van der Waals surface area (Å²) >= 11 is 0. The molecule has 1 aromatic heterocycles. The summed E-state index contributed by atoms with van der Waals surface area (Å²) in [7, 11) is 0. The number of benzene rings is 1. The van der Waals surface area contributed by atoms with E-state index in [-0.39, 0.29) is 0 Å². The first-order valence-electron chi connectivity index (χ1n) is 7.64. The van der Waals surface area contributed by atoms with Gasteiger partial charge >= 0.3 is 0 Å². The molecule has 0 atom stereocenters. The normalized spacial score (nSPS) is 16.2. The van der Waals surface area contributed by atoms with Gasteiger partial charge in [-0.2, -0.15) is 4.98 Å². The minimum atomic E-state index is 0.552. The number of nitrogens with zero attached hydrogens (tertiary/aromatic N) is 2. The molecule has 1 aliphatic rings. The maximum Gasteiger partial charge on any atom is 0.225 e. The minimum Gasteiger partial charge on any atom is -0.367 e. The lowest BCUT2D eigenvalue weighted by atomic mass is 9.95. The molecule has 4 heteroatoms. The Kier molecular flexibility index (Phi) is 4.00. The van der Waals surface area contributed by atoms with Crippen molar-refractivity contribution in [2.75, 3.05) is 17.2 Å². The molecule has 0 amide bonds. The van der Waals surface area contributed by atoms with E-state index in [1.54, 1.807) is 0 Å². The lowest BCUT2D eigenvalue weighted by Gasteiger charge is -2.24. The highest BCUT2D eigenvalue weighted by Crippen LogP contribution is 2.26. The lowest BCUT2D eigenvalue weighted by Crippen LogP contribution is -2.23. The first-order chi connectivity index (χ1) is 9.86. The highest BCUT2D eigenvalue weighted by atomic mass is 15.1.